The van der Waals surface area contributed by atoms with E-state index in [4.69, 9.17) is 10.5 Å². The second-order valence-corrected chi connectivity index (χ2v) is 4.83. The summed E-state index contributed by atoms with van der Waals surface area (Å²) in [4.78, 5) is 0. The van der Waals surface area contributed by atoms with E-state index in [1.54, 1.807) is 0 Å². The molecule has 0 saturated heterocycles. The summed E-state index contributed by atoms with van der Waals surface area (Å²) >= 11 is 0. The minimum atomic E-state index is 0.160. The molecule has 100 valence electrons. The van der Waals surface area contributed by atoms with Gasteiger partial charge in [0, 0.05) is 17.8 Å². The fourth-order valence-corrected chi connectivity index (χ4v) is 1.61. The minimum absolute atomic E-state index is 0.160. The van der Waals surface area contributed by atoms with Crippen LogP contribution < -0.4 is 15.8 Å². The molecule has 0 aromatic heterocycles. The van der Waals surface area contributed by atoms with E-state index < -0.39 is 0 Å². The highest BCUT2D eigenvalue weighted by atomic mass is 16.5. The number of anilines is 1. The Morgan fingerprint density at radius 2 is 2.00 bits per heavy atom. The summed E-state index contributed by atoms with van der Waals surface area (Å²) in [6.07, 6.45) is 5.38. The Hall–Kier alpha value is -1.48. The SMILES string of the molecule is CNC(C)C/C=C/c1cc(N)cc(OC(C)C)c1. The molecule has 3 heteroatoms. The standard InChI is InChI=1S/C15H24N2O/c1-11(2)18-15-9-13(8-14(16)10-15)7-5-6-12(3)17-4/h5,7-12,17H,6,16H2,1-4H3/b7-5+. The van der Waals surface area contributed by atoms with Crippen molar-refractivity contribution in [3.8, 4) is 5.75 Å². The fraction of sp³-hybridized carbons (Fsp3) is 0.467. The van der Waals surface area contributed by atoms with Crippen LogP contribution in [0.3, 0.4) is 0 Å². The van der Waals surface area contributed by atoms with Gasteiger partial charge in [0.1, 0.15) is 5.75 Å². The number of nitrogens with two attached hydrogens (primary N) is 1. The predicted molar refractivity (Wildman–Crippen MR) is 78.8 cm³/mol. The Bertz CT molecular complexity index is 399. The minimum Gasteiger partial charge on any atom is -0.491 e. The van der Waals surface area contributed by atoms with Crippen LogP contribution in [0.25, 0.3) is 6.08 Å². The highest BCUT2D eigenvalue weighted by molar-refractivity contribution is 5.59. The summed E-state index contributed by atoms with van der Waals surface area (Å²) in [6.45, 7) is 6.16. The summed E-state index contributed by atoms with van der Waals surface area (Å²) in [5, 5.41) is 3.20. The summed E-state index contributed by atoms with van der Waals surface area (Å²) in [5.74, 6) is 0.825. The molecule has 0 aliphatic heterocycles. The summed E-state index contributed by atoms with van der Waals surface area (Å²) in [7, 11) is 1.97. The van der Waals surface area contributed by atoms with Crippen LogP contribution in [-0.4, -0.2) is 19.2 Å². The van der Waals surface area contributed by atoms with Gasteiger partial charge in [0.15, 0.2) is 0 Å². The molecule has 3 nitrogen and oxygen atoms in total. The van der Waals surface area contributed by atoms with E-state index in [9.17, 15) is 0 Å². The normalized spacial score (nSPS) is 13.2. The quantitative estimate of drug-likeness (QED) is 0.761. The lowest BCUT2D eigenvalue weighted by Gasteiger charge is -2.11. The van der Waals surface area contributed by atoms with E-state index in [0.29, 0.717) is 6.04 Å². The number of ether oxygens (including phenoxy) is 1. The van der Waals surface area contributed by atoms with Crippen LogP contribution >= 0.6 is 0 Å². The van der Waals surface area contributed by atoms with Gasteiger partial charge in [-0.05, 0) is 51.9 Å². The van der Waals surface area contributed by atoms with E-state index in [1.807, 2.05) is 39.1 Å². The van der Waals surface area contributed by atoms with E-state index in [2.05, 4.69) is 24.4 Å². The zero-order chi connectivity index (χ0) is 13.5. The number of rotatable bonds is 6. The van der Waals surface area contributed by atoms with Gasteiger partial charge >= 0.3 is 0 Å². The molecule has 1 unspecified atom stereocenters. The first-order valence-corrected chi connectivity index (χ1v) is 6.42. The molecule has 18 heavy (non-hydrogen) atoms. The van der Waals surface area contributed by atoms with Gasteiger partial charge in [-0.25, -0.2) is 0 Å². The van der Waals surface area contributed by atoms with Crippen molar-refractivity contribution in [2.45, 2.75) is 39.3 Å². The Kier molecular flexibility index (Phi) is 5.72. The molecule has 1 atom stereocenters. The Balaban J connectivity index is 2.73. The van der Waals surface area contributed by atoms with E-state index in [0.717, 1.165) is 23.4 Å². The van der Waals surface area contributed by atoms with Gasteiger partial charge in [0.25, 0.3) is 0 Å². The van der Waals surface area contributed by atoms with Crippen LogP contribution in [0.5, 0.6) is 5.75 Å². The van der Waals surface area contributed by atoms with Crippen molar-refractivity contribution in [3.05, 3.63) is 29.8 Å². The van der Waals surface area contributed by atoms with Crippen LogP contribution in [-0.2, 0) is 0 Å². The molecule has 1 aromatic carbocycles. The number of nitrogen functional groups attached to an aromatic ring is 1. The van der Waals surface area contributed by atoms with Crippen LogP contribution in [0.1, 0.15) is 32.8 Å². The van der Waals surface area contributed by atoms with Crippen LogP contribution in [0.4, 0.5) is 5.69 Å². The first kappa shape index (κ1) is 14.6. The van der Waals surface area contributed by atoms with Crippen molar-refractivity contribution in [2.24, 2.45) is 0 Å². The van der Waals surface area contributed by atoms with E-state index in [-0.39, 0.29) is 6.10 Å². The van der Waals surface area contributed by atoms with Gasteiger partial charge in [0.2, 0.25) is 0 Å². The van der Waals surface area contributed by atoms with Crippen molar-refractivity contribution in [1.29, 1.82) is 0 Å². The second kappa shape index (κ2) is 7.07. The Morgan fingerprint density at radius 1 is 1.28 bits per heavy atom. The highest BCUT2D eigenvalue weighted by Gasteiger charge is 2.01. The molecule has 0 fully saturated rings. The van der Waals surface area contributed by atoms with Crippen molar-refractivity contribution < 1.29 is 4.74 Å². The average molecular weight is 248 g/mol. The van der Waals surface area contributed by atoms with Gasteiger partial charge < -0.3 is 15.8 Å². The largest absolute Gasteiger partial charge is 0.491 e. The van der Waals surface area contributed by atoms with E-state index in [1.165, 1.54) is 0 Å². The second-order valence-electron chi connectivity index (χ2n) is 4.83. The molecule has 0 aliphatic carbocycles. The lowest BCUT2D eigenvalue weighted by atomic mass is 10.1. The zero-order valence-corrected chi connectivity index (χ0v) is 11.7. The third kappa shape index (κ3) is 5.23. The Morgan fingerprint density at radius 3 is 2.61 bits per heavy atom. The van der Waals surface area contributed by atoms with Crippen molar-refractivity contribution in [2.75, 3.05) is 12.8 Å². The van der Waals surface area contributed by atoms with Gasteiger partial charge in [-0.1, -0.05) is 12.2 Å². The van der Waals surface area contributed by atoms with Gasteiger partial charge in [-0.3, -0.25) is 0 Å². The fourth-order valence-electron chi connectivity index (χ4n) is 1.61. The Labute approximate surface area is 110 Å². The topological polar surface area (TPSA) is 47.3 Å². The molecular weight excluding hydrogens is 224 g/mol. The lowest BCUT2D eigenvalue weighted by Crippen LogP contribution is -2.19. The maximum Gasteiger partial charge on any atom is 0.122 e. The van der Waals surface area contributed by atoms with Crippen molar-refractivity contribution >= 4 is 11.8 Å². The lowest BCUT2D eigenvalue weighted by molar-refractivity contribution is 0.242. The van der Waals surface area contributed by atoms with Crippen molar-refractivity contribution in [3.63, 3.8) is 0 Å². The van der Waals surface area contributed by atoms with E-state index >= 15 is 0 Å². The smallest absolute Gasteiger partial charge is 0.122 e. The molecule has 0 aliphatic rings. The molecule has 1 rings (SSSR count). The average Bonchev–Trinajstić information content (AvgIpc) is 2.27. The number of nitrogens with one attached hydrogen (secondary N) is 1. The van der Waals surface area contributed by atoms with Crippen LogP contribution in [0.2, 0.25) is 0 Å². The monoisotopic (exact) mass is 248 g/mol. The molecule has 0 radical (unpaired) electrons. The first-order chi connectivity index (χ1) is 8.51. The maximum absolute atomic E-state index is 5.87. The first-order valence-electron chi connectivity index (χ1n) is 6.42. The molecular formula is C15H24N2O. The highest BCUT2D eigenvalue weighted by Crippen LogP contribution is 2.21. The third-order valence-corrected chi connectivity index (χ3v) is 2.62. The predicted octanol–water partition coefficient (Wildman–Crippen LogP) is 3.07. The molecule has 3 N–H and O–H groups in total. The van der Waals surface area contributed by atoms with Gasteiger partial charge in [0.05, 0.1) is 6.10 Å². The zero-order valence-electron chi connectivity index (χ0n) is 11.7. The summed E-state index contributed by atoms with van der Waals surface area (Å²) in [6, 6.07) is 6.30. The molecule has 0 saturated carbocycles. The number of hydrogen-bond acceptors (Lipinski definition) is 3. The molecule has 1 aromatic rings. The van der Waals surface area contributed by atoms with Gasteiger partial charge in [-0.2, -0.15) is 0 Å². The summed E-state index contributed by atoms with van der Waals surface area (Å²) in [5.41, 5.74) is 7.68. The van der Waals surface area contributed by atoms with Crippen LogP contribution in [0.15, 0.2) is 24.3 Å². The molecule has 0 amide bonds. The number of hydrogen-bond donors (Lipinski definition) is 2. The molecule has 0 spiro atoms. The molecule has 0 heterocycles. The summed E-state index contributed by atoms with van der Waals surface area (Å²) < 4.78 is 5.66. The number of benzene rings is 1. The van der Waals surface area contributed by atoms with Gasteiger partial charge in [-0.15, -0.1) is 0 Å². The molecule has 0 bridgehead atoms. The van der Waals surface area contributed by atoms with Crippen molar-refractivity contribution in [1.82, 2.24) is 5.32 Å². The maximum atomic E-state index is 5.87. The van der Waals surface area contributed by atoms with Crippen LogP contribution in [0, 0.1) is 0 Å². The third-order valence-electron chi connectivity index (χ3n) is 2.62.